The predicted molar refractivity (Wildman–Crippen MR) is 454 cm³/mol. The van der Waals surface area contributed by atoms with E-state index in [4.69, 9.17) is 32.3 Å². The molecule has 0 radical (unpaired) electrons. The molecule has 0 aliphatic rings. The van der Waals surface area contributed by atoms with Crippen molar-refractivity contribution in [3.05, 3.63) is 170 Å². The molecule has 0 aliphatic carbocycles. The first kappa shape index (κ1) is 104. The number of hydrogen-bond acceptors (Lipinski definition) is 14. The first-order valence-corrected chi connectivity index (χ1v) is 45.4. The summed E-state index contributed by atoms with van der Waals surface area (Å²) in [6.45, 7) is 2.42. The zero-order chi connectivity index (χ0) is 79.4. The van der Waals surface area contributed by atoms with Gasteiger partial charge in [-0.15, -0.1) is 0 Å². The number of carbonyl (C=O) groups is 3. The van der Waals surface area contributed by atoms with Crippen molar-refractivity contribution in [2.45, 2.75) is 347 Å². The molecule has 16 nitrogen and oxygen atoms in total. The first-order valence-electron chi connectivity index (χ1n) is 42.4. The summed E-state index contributed by atoms with van der Waals surface area (Å²) >= 11 is 0. The van der Waals surface area contributed by atoms with Gasteiger partial charge in [-0.05, 0) is 154 Å². The van der Waals surface area contributed by atoms with Crippen LogP contribution in [0.4, 0.5) is 0 Å². The van der Waals surface area contributed by atoms with Crippen molar-refractivity contribution in [1.82, 2.24) is 0 Å². The molecule has 0 saturated carbocycles. The molecule has 0 amide bonds. The maximum atomic E-state index is 13.1. The number of esters is 3. The predicted octanol–water partition coefficient (Wildman–Crippen LogP) is 25.5. The summed E-state index contributed by atoms with van der Waals surface area (Å²) in [4.78, 5) is 58.9. The van der Waals surface area contributed by atoms with E-state index in [2.05, 4.69) is 191 Å². The summed E-state index contributed by atoms with van der Waals surface area (Å²) < 4.78 is 61.4. The number of phosphoric ester groups is 2. The topological polar surface area (TPSA) is 231 Å². The highest BCUT2D eigenvalue weighted by Crippen LogP contribution is 2.45. The second-order valence-corrected chi connectivity index (χ2v) is 30.8. The molecular weight excluding hydrogens is 1410 g/mol. The second-order valence-electron chi connectivity index (χ2n) is 27.9. The SMILES string of the molecule is CC/C=C\C/C=C\C/C=C\C/C=C\C/C=C\CCCCCCCCCCCC(=O)OCC(O)COP(=O)(O)OCC(O)COP(=O)(O)OCC(COC(=O)CCCCCCCCCCC/C=C\C/C=C\C/C=C\C/C=C\C/C=C\CC)OC(=O)CCCCCCCCC/C=C\C/C=C\C/C=C\C/C=C\CCCCC. The lowest BCUT2D eigenvalue weighted by Crippen LogP contribution is -2.30. The Bertz CT molecular complexity index is 2660. The monoisotopic (exact) mass is 1560 g/mol. The quantitative estimate of drug-likeness (QED) is 0.0146. The first-order chi connectivity index (χ1) is 53.2. The van der Waals surface area contributed by atoms with Crippen LogP contribution in [0.15, 0.2) is 170 Å². The van der Waals surface area contributed by atoms with E-state index in [9.17, 15) is 43.5 Å². The Labute approximate surface area is 662 Å². The number of rotatable bonds is 79. The minimum atomic E-state index is -4.95. The minimum absolute atomic E-state index is 0.0853. The summed E-state index contributed by atoms with van der Waals surface area (Å²) in [6.07, 6.45) is 105. The summed E-state index contributed by atoms with van der Waals surface area (Å²) in [7, 11) is -9.82. The van der Waals surface area contributed by atoms with Gasteiger partial charge in [0.15, 0.2) is 6.10 Å². The lowest BCUT2D eigenvalue weighted by Gasteiger charge is -2.21. The maximum Gasteiger partial charge on any atom is 0.472 e. The number of aliphatic hydroxyl groups is 2. The van der Waals surface area contributed by atoms with E-state index in [-0.39, 0.29) is 19.3 Å². The van der Waals surface area contributed by atoms with Gasteiger partial charge in [-0.2, -0.15) is 0 Å². The van der Waals surface area contributed by atoms with Crippen molar-refractivity contribution in [3.8, 4) is 0 Å². The number of aliphatic hydroxyl groups excluding tert-OH is 2. The summed E-state index contributed by atoms with van der Waals surface area (Å²) in [5.74, 6) is -1.60. The Balaban J connectivity index is 4.72. The number of unbranched alkanes of at least 4 members (excludes halogenated alkanes) is 28. The highest BCUT2D eigenvalue weighted by atomic mass is 31.2. The molecule has 4 N–H and O–H groups in total. The van der Waals surface area contributed by atoms with Crippen LogP contribution in [0.5, 0.6) is 0 Å². The van der Waals surface area contributed by atoms with Crippen LogP contribution in [0.3, 0.4) is 0 Å². The van der Waals surface area contributed by atoms with Gasteiger partial charge in [-0.25, -0.2) is 9.13 Å². The number of hydrogen-bond donors (Lipinski definition) is 4. The normalized spacial score (nSPS) is 14.7. The lowest BCUT2D eigenvalue weighted by molar-refractivity contribution is -0.161. The fraction of sp³-hybridized carbons (Fsp3) is 0.659. The number of carbonyl (C=O) groups excluding carboxylic acids is 3. The summed E-state index contributed by atoms with van der Waals surface area (Å²) in [6, 6.07) is 0. The van der Waals surface area contributed by atoms with Crippen LogP contribution >= 0.6 is 15.6 Å². The molecule has 0 aromatic rings. The van der Waals surface area contributed by atoms with Crippen LogP contribution in [-0.4, -0.2) is 95.9 Å². The Morgan fingerprint density at radius 3 is 0.771 bits per heavy atom. The van der Waals surface area contributed by atoms with Gasteiger partial charge in [0.25, 0.3) is 0 Å². The van der Waals surface area contributed by atoms with Gasteiger partial charge in [0.05, 0.1) is 26.4 Å². The van der Waals surface area contributed by atoms with Crippen molar-refractivity contribution in [1.29, 1.82) is 0 Å². The van der Waals surface area contributed by atoms with E-state index in [1.807, 2.05) is 0 Å². The van der Waals surface area contributed by atoms with Crippen LogP contribution in [0.1, 0.15) is 329 Å². The maximum absolute atomic E-state index is 13.1. The van der Waals surface area contributed by atoms with Crippen molar-refractivity contribution in [3.63, 3.8) is 0 Å². The van der Waals surface area contributed by atoms with E-state index < -0.39 is 91.5 Å². The fourth-order valence-electron chi connectivity index (χ4n) is 11.0. The molecule has 0 heterocycles. The van der Waals surface area contributed by atoms with Crippen molar-refractivity contribution in [2.24, 2.45) is 0 Å². The molecule has 18 heteroatoms. The van der Waals surface area contributed by atoms with Crippen LogP contribution in [-0.2, 0) is 55.8 Å². The molecule has 0 bridgehead atoms. The lowest BCUT2D eigenvalue weighted by atomic mass is 10.1. The molecule has 0 aliphatic heterocycles. The standard InChI is InChI=1S/C91H152O16P2/c1-4-7-10-13-16-19-22-25-28-31-34-37-40-42-45-47-50-53-56-59-62-65-68-71-74-77-89(94)101-80-86(92)81-103-108(97,98)104-82-87(93)83-105-109(99,100)106-85-88(107-91(96)79-76-73-70-67-64-61-58-55-52-49-44-39-36-33-30-27-24-21-18-15-12-9-6-3)84-102-90(95)78-75-72-69-66-63-60-57-54-51-48-46-43-41-38-35-32-29-26-23-20-17-14-11-8-5-2/h7-8,10-11,16-21,25-30,34-39,42-43,45-46,49,52,86-88,92-93H,4-6,9,12-15,22-24,31-33,40-41,44,47-48,50-51,53-85H2,1-3H3,(H,97,98)(H,99,100)/b10-7-,11-8-,19-16-,20-17-,21-18-,28-25-,29-26-,30-27-,37-34-,38-35-,39-36-,45-42-,46-43-,52-49-. The van der Waals surface area contributed by atoms with Gasteiger partial charge in [0.1, 0.15) is 25.4 Å². The largest absolute Gasteiger partial charge is 0.472 e. The molecule has 0 aromatic heterocycles. The Morgan fingerprint density at radius 1 is 0.266 bits per heavy atom. The van der Waals surface area contributed by atoms with E-state index in [0.717, 1.165) is 193 Å². The minimum Gasteiger partial charge on any atom is -0.463 e. The number of ether oxygens (including phenoxy) is 3. The van der Waals surface area contributed by atoms with Crippen molar-refractivity contribution in [2.75, 3.05) is 39.6 Å². The molecule has 5 atom stereocenters. The van der Waals surface area contributed by atoms with E-state index >= 15 is 0 Å². The van der Waals surface area contributed by atoms with Crippen LogP contribution in [0.2, 0.25) is 0 Å². The molecule has 5 unspecified atom stereocenters. The third-order valence-electron chi connectivity index (χ3n) is 17.4. The molecule has 0 fully saturated rings. The highest BCUT2D eigenvalue weighted by Gasteiger charge is 2.29. The zero-order valence-corrected chi connectivity index (χ0v) is 70.0. The Kier molecular flexibility index (Phi) is 78.5. The molecule has 0 spiro atoms. The van der Waals surface area contributed by atoms with Gasteiger partial charge < -0.3 is 34.2 Å². The van der Waals surface area contributed by atoms with Gasteiger partial charge in [0, 0.05) is 19.3 Å². The smallest absolute Gasteiger partial charge is 0.463 e. The number of phosphoric acid groups is 2. The molecule has 0 saturated heterocycles. The highest BCUT2D eigenvalue weighted by molar-refractivity contribution is 7.47. The average Bonchev–Trinajstić information content (AvgIpc) is 0.903. The van der Waals surface area contributed by atoms with Gasteiger partial charge in [-0.3, -0.25) is 32.5 Å². The van der Waals surface area contributed by atoms with Crippen LogP contribution < -0.4 is 0 Å². The third-order valence-corrected chi connectivity index (χ3v) is 19.3. The Morgan fingerprint density at radius 2 is 0.486 bits per heavy atom. The van der Waals surface area contributed by atoms with Gasteiger partial charge >= 0.3 is 33.6 Å². The average molecular weight is 1560 g/mol. The number of allylic oxidation sites excluding steroid dienone is 28. The van der Waals surface area contributed by atoms with E-state index in [0.29, 0.717) is 19.3 Å². The molecule has 0 aromatic carbocycles. The van der Waals surface area contributed by atoms with Crippen LogP contribution in [0.25, 0.3) is 0 Å². The summed E-state index contributed by atoms with van der Waals surface area (Å²) in [5.41, 5.74) is 0. The molecule has 109 heavy (non-hydrogen) atoms. The van der Waals surface area contributed by atoms with Gasteiger partial charge in [0.2, 0.25) is 0 Å². The van der Waals surface area contributed by atoms with E-state index in [1.54, 1.807) is 0 Å². The van der Waals surface area contributed by atoms with E-state index in [1.165, 1.54) is 77.0 Å². The zero-order valence-electron chi connectivity index (χ0n) is 68.2. The molecular formula is C91H152O16P2. The van der Waals surface area contributed by atoms with Crippen LogP contribution in [0, 0.1) is 0 Å². The molecule has 622 valence electrons. The van der Waals surface area contributed by atoms with Gasteiger partial charge in [-0.1, -0.05) is 326 Å². The van der Waals surface area contributed by atoms with Crippen molar-refractivity contribution < 1.29 is 75.8 Å². The second kappa shape index (κ2) is 82.4. The fourth-order valence-corrected chi connectivity index (χ4v) is 12.6. The Hall–Kier alpha value is -5.09. The third kappa shape index (κ3) is 83.7. The van der Waals surface area contributed by atoms with Crippen molar-refractivity contribution >= 4 is 33.6 Å². The summed E-state index contributed by atoms with van der Waals surface area (Å²) in [5, 5.41) is 20.7. The molecule has 0 rings (SSSR count).